The first-order chi connectivity index (χ1) is 11.2. The molecule has 0 aromatic rings. The van der Waals surface area contributed by atoms with Gasteiger partial charge in [-0.15, -0.1) is 24.0 Å². The number of guanidine groups is 1. The predicted octanol–water partition coefficient (Wildman–Crippen LogP) is 2.86. The molecule has 0 radical (unpaired) electrons. The van der Waals surface area contributed by atoms with Gasteiger partial charge in [0.2, 0.25) is 0 Å². The van der Waals surface area contributed by atoms with E-state index in [4.69, 9.17) is 4.99 Å². The average molecular weight is 467 g/mol. The number of hydrogen-bond donors (Lipinski definition) is 2. The van der Waals surface area contributed by atoms with Crippen LogP contribution in [0.4, 0.5) is 0 Å². The molecule has 0 spiro atoms. The summed E-state index contributed by atoms with van der Waals surface area (Å²) in [5.74, 6) is 2.31. The van der Waals surface area contributed by atoms with Crippen LogP contribution in [0.3, 0.4) is 0 Å². The molecule has 3 atom stereocenters. The van der Waals surface area contributed by atoms with Crippen LogP contribution in [0, 0.1) is 11.8 Å². The zero-order chi connectivity index (χ0) is 18.3. The van der Waals surface area contributed by atoms with E-state index in [1.54, 1.807) is 0 Å². The summed E-state index contributed by atoms with van der Waals surface area (Å²) < 4.78 is 0. The Labute approximate surface area is 173 Å². The van der Waals surface area contributed by atoms with E-state index in [2.05, 4.69) is 76.1 Å². The van der Waals surface area contributed by atoms with E-state index in [1.165, 1.54) is 13.0 Å². The molecule has 1 fully saturated rings. The monoisotopic (exact) mass is 467 g/mol. The molecule has 1 saturated heterocycles. The van der Waals surface area contributed by atoms with Crippen LogP contribution < -0.4 is 10.6 Å². The molecule has 0 saturated carbocycles. The summed E-state index contributed by atoms with van der Waals surface area (Å²) in [7, 11) is 4.31. The van der Waals surface area contributed by atoms with Crippen molar-refractivity contribution < 1.29 is 0 Å². The quantitative estimate of drug-likeness (QED) is 0.327. The number of nitrogens with zero attached hydrogens (tertiary/aromatic N) is 3. The Hall–Kier alpha value is -0.0800. The minimum atomic E-state index is 0. The highest BCUT2D eigenvalue weighted by molar-refractivity contribution is 14.0. The smallest absolute Gasteiger partial charge is 0.191 e. The van der Waals surface area contributed by atoms with Gasteiger partial charge >= 0.3 is 0 Å². The zero-order valence-corrected chi connectivity index (χ0v) is 20.0. The maximum atomic E-state index is 4.89. The van der Waals surface area contributed by atoms with Crippen LogP contribution in [0.2, 0.25) is 0 Å². The molecule has 0 aliphatic carbocycles. The Morgan fingerprint density at radius 2 is 1.84 bits per heavy atom. The molecule has 0 aromatic carbocycles. The minimum Gasteiger partial charge on any atom is -0.357 e. The molecule has 2 N–H and O–H groups in total. The predicted molar refractivity (Wildman–Crippen MR) is 121 cm³/mol. The highest BCUT2D eigenvalue weighted by atomic mass is 127. The second-order valence-corrected chi connectivity index (χ2v) is 8.24. The summed E-state index contributed by atoms with van der Waals surface area (Å²) in [6.45, 7) is 17.6. The summed E-state index contributed by atoms with van der Waals surface area (Å²) >= 11 is 0. The standard InChI is InChI=1S/C19H41N5.HI/c1-9-20-19(21-11-17(23(7)8)10-14(2)3)22-18-13-24(15(4)5)12-16(18)6;/h14-18H,9-13H2,1-8H3,(H2,20,21,22);1H. The molecule has 0 bridgehead atoms. The molecular formula is C19H42IN5. The van der Waals surface area contributed by atoms with Crippen molar-refractivity contribution in [1.82, 2.24) is 20.4 Å². The molecule has 150 valence electrons. The van der Waals surface area contributed by atoms with Crippen molar-refractivity contribution in [2.45, 2.75) is 66.1 Å². The van der Waals surface area contributed by atoms with Gasteiger partial charge in [-0.05, 0) is 53.1 Å². The van der Waals surface area contributed by atoms with Crippen molar-refractivity contribution in [3.05, 3.63) is 0 Å². The first kappa shape index (κ1) is 24.9. The van der Waals surface area contributed by atoms with Gasteiger partial charge in [-0.3, -0.25) is 9.89 Å². The first-order valence-electron chi connectivity index (χ1n) is 9.69. The third-order valence-electron chi connectivity index (χ3n) is 4.97. The third kappa shape index (κ3) is 8.91. The van der Waals surface area contributed by atoms with Gasteiger partial charge < -0.3 is 15.5 Å². The molecule has 1 aliphatic rings. The lowest BCUT2D eigenvalue weighted by atomic mass is 10.0. The molecule has 1 heterocycles. The molecule has 0 aromatic heterocycles. The van der Waals surface area contributed by atoms with Crippen molar-refractivity contribution in [2.75, 3.05) is 40.3 Å². The Morgan fingerprint density at radius 1 is 1.20 bits per heavy atom. The third-order valence-corrected chi connectivity index (χ3v) is 4.97. The minimum absolute atomic E-state index is 0. The largest absolute Gasteiger partial charge is 0.357 e. The zero-order valence-electron chi connectivity index (χ0n) is 17.7. The van der Waals surface area contributed by atoms with Crippen LogP contribution >= 0.6 is 24.0 Å². The van der Waals surface area contributed by atoms with Crippen LogP contribution in [0.1, 0.15) is 48.0 Å². The number of likely N-dealkylation sites (tertiary alicyclic amines) is 1. The average Bonchev–Trinajstić information content (AvgIpc) is 2.84. The highest BCUT2D eigenvalue weighted by Crippen LogP contribution is 2.18. The Bertz CT molecular complexity index is 384. The molecule has 5 nitrogen and oxygen atoms in total. The van der Waals surface area contributed by atoms with Crippen LogP contribution in [0.5, 0.6) is 0 Å². The lowest BCUT2D eigenvalue weighted by Crippen LogP contribution is -2.47. The maximum Gasteiger partial charge on any atom is 0.191 e. The summed E-state index contributed by atoms with van der Waals surface area (Å²) in [6.07, 6.45) is 1.18. The van der Waals surface area contributed by atoms with Gasteiger partial charge in [0.05, 0.1) is 6.54 Å². The van der Waals surface area contributed by atoms with Crippen LogP contribution in [0.15, 0.2) is 4.99 Å². The molecule has 6 heteroatoms. The normalized spacial score (nSPS) is 23.2. The summed E-state index contributed by atoms with van der Waals surface area (Å²) in [5, 5.41) is 7.10. The Balaban J connectivity index is 0.00000576. The fraction of sp³-hybridized carbons (Fsp3) is 0.947. The van der Waals surface area contributed by atoms with Gasteiger partial charge in [-0.25, -0.2) is 0 Å². The van der Waals surface area contributed by atoms with Gasteiger partial charge in [0.1, 0.15) is 0 Å². The van der Waals surface area contributed by atoms with E-state index < -0.39 is 0 Å². The lowest BCUT2D eigenvalue weighted by molar-refractivity contribution is 0.261. The van der Waals surface area contributed by atoms with E-state index in [9.17, 15) is 0 Å². The molecule has 3 unspecified atom stereocenters. The maximum absolute atomic E-state index is 4.89. The van der Waals surface area contributed by atoms with Gasteiger partial charge in [0.25, 0.3) is 0 Å². The fourth-order valence-corrected chi connectivity index (χ4v) is 3.30. The summed E-state index contributed by atoms with van der Waals surface area (Å²) in [5.41, 5.74) is 0. The molecule has 25 heavy (non-hydrogen) atoms. The van der Waals surface area contributed by atoms with Gasteiger partial charge in [0.15, 0.2) is 5.96 Å². The van der Waals surface area contributed by atoms with E-state index >= 15 is 0 Å². The topological polar surface area (TPSA) is 42.9 Å². The van der Waals surface area contributed by atoms with Crippen molar-refractivity contribution in [3.63, 3.8) is 0 Å². The molecular weight excluding hydrogens is 425 g/mol. The number of hydrogen-bond acceptors (Lipinski definition) is 3. The number of nitrogens with one attached hydrogen (secondary N) is 2. The lowest BCUT2D eigenvalue weighted by Gasteiger charge is -2.26. The van der Waals surface area contributed by atoms with Crippen molar-refractivity contribution >= 4 is 29.9 Å². The van der Waals surface area contributed by atoms with E-state index in [1.807, 2.05) is 0 Å². The van der Waals surface area contributed by atoms with Crippen LogP contribution in [-0.2, 0) is 0 Å². The second kappa shape index (κ2) is 12.3. The Morgan fingerprint density at radius 3 is 2.28 bits per heavy atom. The summed E-state index contributed by atoms with van der Waals surface area (Å²) in [6, 6.07) is 1.59. The van der Waals surface area contributed by atoms with Crippen LogP contribution in [0.25, 0.3) is 0 Å². The van der Waals surface area contributed by atoms with Crippen molar-refractivity contribution in [2.24, 2.45) is 16.8 Å². The van der Waals surface area contributed by atoms with Gasteiger partial charge in [-0.2, -0.15) is 0 Å². The van der Waals surface area contributed by atoms with Crippen molar-refractivity contribution in [1.29, 1.82) is 0 Å². The molecule has 1 aliphatic heterocycles. The number of halogens is 1. The first-order valence-corrected chi connectivity index (χ1v) is 9.69. The van der Waals surface area contributed by atoms with Gasteiger partial charge in [-0.1, -0.05) is 20.8 Å². The number of rotatable bonds is 8. The Kier molecular flexibility index (Phi) is 12.3. The van der Waals surface area contributed by atoms with E-state index in [0.717, 1.165) is 25.6 Å². The fourth-order valence-electron chi connectivity index (χ4n) is 3.30. The van der Waals surface area contributed by atoms with Crippen LogP contribution in [-0.4, -0.2) is 74.2 Å². The number of likely N-dealkylation sites (N-methyl/N-ethyl adjacent to an activating group) is 1. The molecule has 1 rings (SSSR count). The van der Waals surface area contributed by atoms with Crippen molar-refractivity contribution in [3.8, 4) is 0 Å². The summed E-state index contributed by atoms with van der Waals surface area (Å²) in [4.78, 5) is 9.74. The SMILES string of the molecule is CCNC(=NCC(CC(C)C)N(C)C)NC1CN(C(C)C)CC1C.I. The molecule has 0 amide bonds. The number of aliphatic imine (C=N–C) groups is 1. The van der Waals surface area contributed by atoms with Gasteiger partial charge in [0, 0.05) is 37.8 Å². The highest BCUT2D eigenvalue weighted by Gasteiger charge is 2.31. The van der Waals surface area contributed by atoms with E-state index in [-0.39, 0.29) is 24.0 Å². The van der Waals surface area contributed by atoms with E-state index in [0.29, 0.717) is 30.0 Å². The second-order valence-electron chi connectivity index (χ2n) is 8.24.